The zero-order valence-electron chi connectivity index (χ0n) is 28.3. The van der Waals surface area contributed by atoms with Gasteiger partial charge in [-0.1, -0.05) is 65.2 Å². The van der Waals surface area contributed by atoms with Crippen LogP contribution in [0.15, 0.2) is 37.4 Å². The predicted octanol–water partition coefficient (Wildman–Crippen LogP) is 1.72. The molecule has 15 heteroatoms. The molecule has 0 saturated heterocycles. The lowest BCUT2D eigenvalue weighted by molar-refractivity contribution is -0.671. The largest absolute Gasteiger partial charge is 1.00 e. The normalized spacial score (nSPS) is 9.28. The maximum atomic E-state index is 8.09. The molecule has 0 N–H and O–H groups in total. The lowest BCUT2D eigenvalue weighted by Gasteiger charge is -1.98. The summed E-state index contributed by atoms with van der Waals surface area (Å²) in [4.78, 5) is 0. The van der Waals surface area contributed by atoms with E-state index in [-0.39, 0.29) is 12.4 Å². The Labute approximate surface area is 287 Å². The average molecular weight is 656 g/mol. The SMILES string of the molecule is CCCCCCCCn1cc[n+](C)c1.CCCCCCCCn1cc[n+](C)c1.N#C[B-](C#N)(C#N)C#N.N#C[B-](C#N)(C#N)C#N.[Cl-]. The summed E-state index contributed by atoms with van der Waals surface area (Å²) in [5, 5.41) is 64.7. The summed E-state index contributed by atoms with van der Waals surface area (Å²) in [6.45, 7) is 6.87. The van der Waals surface area contributed by atoms with E-state index in [9.17, 15) is 0 Å². The van der Waals surface area contributed by atoms with Crippen molar-refractivity contribution in [1.82, 2.24) is 9.13 Å². The van der Waals surface area contributed by atoms with Gasteiger partial charge in [-0.25, -0.2) is 60.4 Å². The molecule has 0 aromatic carbocycles. The second-order valence-electron chi connectivity index (χ2n) is 10.9. The minimum atomic E-state index is -2.72. The van der Waals surface area contributed by atoms with Crippen LogP contribution in [0.3, 0.4) is 0 Å². The van der Waals surface area contributed by atoms with Gasteiger partial charge in [-0.05, 0) is 25.7 Å². The third kappa shape index (κ3) is 22.0. The number of halogens is 1. The summed E-state index contributed by atoms with van der Waals surface area (Å²) < 4.78 is 8.72. The van der Waals surface area contributed by atoms with E-state index in [0.29, 0.717) is 0 Å². The van der Waals surface area contributed by atoms with Gasteiger partial charge in [0.05, 0.1) is 27.2 Å². The Bertz CT molecular complexity index is 1240. The molecule has 2 aromatic rings. The van der Waals surface area contributed by atoms with Crippen molar-refractivity contribution in [3.05, 3.63) is 37.4 Å². The molecule has 2 heterocycles. The van der Waals surface area contributed by atoms with Crippen LogP contribution in [-0.2, 0) is 27.2 Å². The standard InChI is InChI=1S/2C12H23N2.2C4BN4.ClH/c2*1-3-4-5-6-7-8-9-14-11-10-13(2)12-14;2*6-1-5(2-7,3-8)4-9;/h2*10-12H,3-9H2,1-2H3;;;1H/q2*+1;2*-1;/p-1. The molecule has 0 bridgehead atoms. The van der Waals surface area contributed by atoms with Crippen LogP contribution >= 0.6 is 0 Å². The number of aromatic nitrogens is 4. The van der Waals surface area contributed by atoms with E-state index in [4.69, 9.17) is 42.1 Å². The van der Waals surface area contributed by atoms with Gasteiger partial charge in [0.1, 0.15) is 24.8 Å². The number of rotatable bonds is 14. The van der Waals surface area contributed by atoms with Crippen LogP contribution in [0.1, 0.15) is 90.9 Å². The third-order valence-electron chi connectivity index (χ3n) is 6.74. The second kappa shape index (κ2) is 29.5. The molecule has 2 aromatic heterocycles. The van der Waals surface area contributed by atoms with Crippen molar-refractivity contribution in [2.75, 3.05) is 0 Å². The summed E-state index contributed by atoms with van der Waals surface area (Å²) in [7, 11) is 4.13. The zero-order chi connectivity index (χ0) is 35.1. The highest BCUT2D eigenvalue weighted by Gasteiger charge is 2.23. The van der Waals surface area contributed by atoms with Gasteiger partial charge >= 0.3 is 12.3 Å². The van der Waals surface area contributed by atoms with E-state index < -0.39 is 12.3 Å². The number of nitrogens with zero attached hydrogens (tertiary/aromatic N) is 12. The molecule has 0 unspecified atom stereocenters. The lowest BCUT2D eigenvalue weighted by atomic mass is 9.30. The molecule has 0 aliphatic heterocycles. The summed E-state index contributed by atoms with van der Waals surface area (Å²) in [6.07, 6.45) is 23.8. The lowest BCUT2D eigenvalue weighted by Crippen LogP contribution is -3.00. The fourth-order valence-corrected chi connectivity index (χ4v) is 3.76. The molecule has 0 spiro atoms. The van der Waals surface area contributed by atoms with Crippen LogP contribution in [0.2, 0.25) is 0 Å². The second-order valence-corrected chi connectivity index (χ2v) is 10.9. The van der Waals surface area contributed by atoms with E-state index in [1.165, 1.54) is 138 Å². The van der Waals surface area contributed by atoms with Crippen molar-refractivity contribution >= 4 is 12.3 Å². The Morgan fingerprint density at radius 3 is 0.915 bits per heavy atom. The maximum Gasteiger partial charge on any atom is 0.383 e. The fourth-order valence-electron chi connectivity index (χ4n) is 3.76. The van der Waals surface area contributed by atoms with E-state index >= 15 is 0 Å². The molecule has 12 nitrogen and oxygen atoms in total. The summed E-state index contributed by atoms with van der Waals surface area (Å²) in [5.74, 6) is 10.8. The maximum absolute atomic E-state index is 8.09. The highest BCUT2D eigenvalue weighted by atomic mass is 35.5. The molecule has 0 radical (unpaired) electrons. The van der Waals surface area contributed by atoms with Crippen LogP contribution in [0.5, 0.6) is 0 Å². The zero-order valence-corrected chi connectivity index (χ0v) is 29.0. The molecule has 0 aliphatic rings. The van der Waals surface area contributed by atoms with Crippen LogP contribution < -0.4 is 21.5 Å². The summed E-state index contributed by atoms with van der Waals surface area (Å²) in [5.41, 5.74) is 0. The van der Waals surface area contributed by atoms with Crippen molar-refractivity contribution in [1.29, 1.82) is 42.1 Å². The van der Waals surface area contributed by atoms with Crippen molar-refractivity contribution in [3.63, 3.8) is 0 Å². The van der Waals surface area contributed by atoms with Gasteiger partial charge in [0.2, 0.25) is 12.7 Å². The first kappa shape index (κ1) is 46.2. The highest BCUT2D eigenvalue weighted by Crippen LogP contribution is 2.06. The topological polar surface area (TPSA) is 208 Å². The van der Waals surface area contributed by atoms with Gasteiger partial charge in [0.15, 0.2) is 0 Å². The van der Waals surface area contributed by atoms with E-state index in [1.54, 1.807) is 0 Å². The van der Waals surface area contributed by atoms with Gasteiger partial charge in [-0.2, -0.15) is 0 Å². The van der Waals surface area contributed by atoms with Gasteiger partial charge in [-0.15, -0.1) is 47.7 Å². The quantitative estimate of drug-likeness (QED) is 0.166. The Balaban J connectivity index is -0.000000559. The number of hydrogen-bond donors (Lipinski definition) is 0. The summed E-state index contributed by atoms with van der Waals surface area (Å²) in [6, 6.07) is 0. The van der Waals surface area contributed by atoms with Crippen molar-refractivity contribution in [2.45, 2.75) is 104 Å². The van der Waals surface area contributed by atoms with Crippen LogP contribution in [0.25, 0.3) is 0 Å². The predicted molar refractivity (Wildman–Crippen MR) is 174 cm³/mol. The van der Waals surface area contributed by atoms with Crippen molar-refractivity contribution in [3.8, 4) is 47.7 Å². The minimum absolute atomic E-state index is 0. The average Bonchev–Trinajstić information content (AvgIpc) is 3.71. The number of nitriles is 8. The first-order valence-electron chi connectivity index (χ1n) is 15.8. The van der Waals surface area contributed by atoms with E-state index in [1.807, 2.05) is 0 Å². The van der Waals surface area contributed by atoms with Gasteiger partial charge in [0, 0.05) is 0 Å². The Morgan fingerprint density at radius 2 is 0.723 bits per heavy atom. The van der Waals surface area contributed by atoms with Crippen molar-refractivity contribution in [2.24, 2.45) is 14.1 Å². The third-order valence-corrected chi connectivity index (χ3v) is 6.74. The molecular formula is C32H46B2ClN12-. The summed E-state index contributed by atoms with van der Waals surface area (Å²) >= 11 is 0. The van der Waals surface area contributed by atoms with Gasteiger partial charge < -0.3 is 12.4 Å². The first-order chi connectivity index (χ1) is 22.1. The molecule has 47 heavy (non-hydrogen) atoms. The molecule has 0 aliphatic carbocycles. The molecule has 0 amide bonds. The van der Waals surface area contributed by atoms with E-state index in [0.717, 1.165) is 0 Å². The number of aryl methyl sites for hydroxylation is 4. The van der Waals surface area contributed by atoms with Gasteiger partial charge in [0.25, 0.3) is 0 Å². The molecule has 0 atom stereocenters. The highest BCUT2D eigenvalue weighted by molar-refractivity contribution is 7.05. The molecule has 0 saturated carbocycles. The molecular weight excluding hydrogens is 610 g/mol. The Morgan fingerprint density at radius 1 is 0.468 bits per heavy atom. The van der Waals surface area contributed by atoms with E-state index in [2.05, 4.69) is 83.7 Å². The Hall–Kier alpha value is -5.24. The number of hydrogen-bond acceptors (Lipinski definition) is 8. The minimum Gasteiger partial charge on any atom is -1.00 e. The smallest absolute Gasteiger partial charge is 0.383 e. The Kier molecular flexibility index (Phi) is 29.0. The van der Waals surface area contributed by atoms with Crippen LogP contribution in [0.4, 0.5) is 0 Å². The first-order valence-corrected chi connectivity index (χ1v) is 15.8. The van der Waals surface area contributed by atoms with Crippen molar-refractivity contribution < 1.29 is 21.5 Å². The van der Waals surface area contributed by atoms with Gasteiger partial charge in [-0.3, -0.25) is 0 Å². The fraction of sp³-hybridized carbons (Fsp3) is 0.562. The van der Waals surface area contributed by atoms with Crippen LogP contribution in [0, 0.1) is 89.8 Å². The number of unbranched alkanes of at least 4 members (excludes halogenated alkanes) is 10. The molecule has 2 rings (SSSR count). The van der Waals surface area contributed by atoms with Crippen LogP contribution in [-0.4, -0.2) is 21.4 Å². The number of imidazole rings is 2. The molecule has 248 valence electrons. The monoisotopic (exact) mass is 655 g/mol. The molecule has 0 fully saturated rings.